The standard InChI is InChI=1S/C25H24F4N2O7/c1-14(32)30-23-8-6-22(7-9-23,31-21(33)12-35-15-2-4-17(26)18(27)10-15)13-24(23,34)36-16-3-5-19-20(11-16)38-25(28,29)37-19/h2-5,10-11,34H,6-9,12-13H2,1H3,(H,30,32)(H,31,33). The van der Waals surface area contributed by atoms with Crippen molar-refractivity contribution in [1.82, 2.24) is 10.6 Å². The molecule has 0 radical (unpaired) electrons. The molecule has 1 unspecified atom stereocenters. The maximum Gasteiger partial charge on any atom is 0.586 e. The number of benzene rings is 2. The Hall–Kier alpha value is -3.74. The predicted octanol–water partition coefficient (Wildman–Crippen LogP) is 3.14. The molecule has 2 aromatic carbocycles. The number of hydrogen-bond acceptors (Lipinski definition) is 7. The molecule has 4 aliphatic rings. The van der Waals surface area contributed by atoms with Crippen LogP contribution in [0, 0.1) is 11.6 Å². The molecule has 1 atom stereocenters. The van der Waals surface area contributed by atoms with Gasteiger partial charge in [-0.3, -0.25) is 9.59 Å². The Labute approximate surface area is 214 Å². The first kappa shape index (κ1) is 25.9. The maximum absolute atomic E-state index is 13.4. The van der Waals surface area contributed by atoms with Crippen molar-refractivity contribution in [3.63, 3.8) is 0 Å². The number of halogens is 4. The van der Waals surface area contributed by atoms with E-state index in [1.807, 2.05) is 0 Å². The maximum atomic E-state index is 13.4. The fourth-order valence-electron chi connectivity index (χ4n) is 5.45. The Balaban J connectivity index is 1.33. The lowest BCUT2D eigenvalue weighted by atomic mass is 9.58. The number of alkyl halides is 2. The fourth-order valence-corrected chi connectivity index (χ4v) is 5.45. The average molecular weight is 540 g/mol. The van der Waals surface area contributed by atoms with Crippen molar-refractivity contribution in [1.29, 1.82) is 0 Å². The Morgan fingerprint density at radius 1 is 0.947 bits per heavy atom. The lowest BCUT2D eigenvalue weighted by Crippen LogP contribution is -2.77. The minimum atomic E-state index is -3.84. The third-order valence-corrected chi connectivity index (χ3v) is 7.13. The van der Waals surface area contributed by atoms with Crippen molar-refractivity contribution in [2.75, 3.05) is 6.61 Å². The van der Waals surface area contributed by atoms with E-state index in [1.54, 1.807) is 0 Å². The molecule has 2 aromatic rings. The molecule has 3 saturated carbocycles. The number of aliphatic hydroxyl groups is 1. The van der Waals surface area contributed by atoms with Gasteiger partial charge in [-0.1, -0.05) is 0 Å². The molecule has 1 heterocycles. The average Bonchev–Trinajstić information content (AvgIpc) is 3.13. The van der Waals surface area contributed by atoms with E-state index in [4.69, 9.17) is 9.47 Å². The molecule has 2 amide bonds. The third kappa shape index (κ3) is 4.77. The van der Waals surface area contributed by atoms with Crippen molar-refractivity contribution in [2.24, 2.45) is 0 Å². The number of rotatable bonds is 7. The molecular formula is C25H24F4N2O7. The van der Waals surface area contributed by atoms with Crippen molar-refractivity contribution in [3.05, 3.63) is 48.0 Å². The molecule has 3 aliphatic carbocycles. The topological polar surface area (TPSA) is 115 Å². The summed E-state index contributed by atoms with van der Waals surface area (Å²) in [5, 5.41) is 17.4. The normalized spacial score (nSPS) is 28.5. The highest BCUT2D eigenvalue weighted by atomic mass is 19.3. The van der Waals surface area contributed by atoms with E-state index in [0.29, 0.717) is 12.8 Å². The number of hydrogen-bond donors (Lipinski definition) is 3. The summed E-state index contributed by atoms with van der Waals surface area (Å²) in [7, 11) is 0. The van der Waals surface area contributed by atoms with Gasteiger partial charge in [-0.15, -0.1) is 8.78 Å². The molecule has 0 spiro atoms. The molecule has 2 bridgehead atoms. The summed E-state index contributed by atoms with van der Waals surface area (Å²) in [4.78, 5) is 24.8. The first-order chi connectivity index (χ1) is 17.8. The van der Waals surface area contributed by atoms with Gasteiger partial charge in [-0.2, -0.15) is 0 Å². The third-order valence-electron chi connectivity index (χ3n) is 7.13. The molecule has 3 N–H and O–H groups in total. The zero-order valence-electron chi connectivity index (χ0n) is 20.1. The van der Waals surface area contributed by atoms with E-state index in [9.17, 15) is 32.3 Å². The Kier molecular flexibility index (Phi) is 6.08. The van der Waals surface area contributed by atoms with E-state index in [2.05, 4.69) is 20.1 Å². The van der Waals surface area contributed by atoms with Crippen LogP contribution in [0.3, 0.4) is 0 Å². The van der Waals surface area contributed by atoms with Crippen LogP contribution in [0.5, 0.6) is 23.0 Å². The van der Waals surface area contributed by atoms with Crippen LogP contribution in [0.25, 0.3) is 0 Å². The van der Waals surface area contributed by atoms with Crippen molar-refractivity contribution < 1.29 is 51.2 Å². The second-order valence-corrected chi connectivity index (χ2v) is 9.80. The summed E-state index contributed by atoms with van der Waals surface area (Å²) in [5.41, 5.74) is -2.17. The lowest BCUT2D eigenvalue weighted by molar-refractivity contribution is -0.286. The summed E-state index contributed by atoms with van der Waals surface area (Å²) < 4.78 is 73.5. The predicted molar refractivity (Wildman–Crippen MR) is 121 cm³/mol. The molecular weight excluding hydrogens is 516 g/mol. The molecule has 1 aliphatic heterocycles. The number of carbonyl (C=O) groups is 2. The van der Waals surface area contributed by atoms with E-state index < -0.39 is 53.2 Å². The SMILES string of the molecule is CC(=O)NC12CCC(NC(=O)COc3ccc(F)c(F)c3)(CC1)CC2(O)Oc1ccc2c(c1)OC(F)(F)O2. The quantitative estimate of drug-likeness (QED) is 0.365. The van der Waals surface area contributed by atoms with Gasteiger partial charge in [0, 0.05) is 31.0 Å². The minimum absolute atomic E-state index is 0.0204. The van der Waals surface area contributed by atoms with Gasteiger partial charge < -0.3 is 34.7 Å². The summed E-state index contributed by atoms with van der Waals surface area (Å²) in [6.07, 6.45) is -2.77. The molecule has 0 saturated heterocycles. The zero-order valence-corrected chi connectivity index (χ0v) is 20.1. The van der Waals surface area contributed by atoms with Gasteiger partial charge in [-0.25, -0.2) is 8.78 Å². The van der Waals surface area contributed by atoms with E-state index in [1.165, 1.54) is 25.1 Å². The van der Waals surface area contributed by atoms with E-state index >= 15 is 0 Å². The second-order valence-electron chi connectivity index (χ2n) is 9.80. The molecule has 13 heteroatoms. The first-order valence-corrected chi connectivity index (χ1v) is 11.8. The minimum Gasteiger partial charge on any atom is -0.484 e. The number of nitrogens with one attached hydrogen (secondary N) is 2. The number of amides is 2. The fraction of sp³-hybridized carbons (Fsp3) is 0.440. The van der Waals surface area contributed by atoms with Gasteiger partial charge in [0.25, 0.3) is 5.91 Å². The van der Waals surface area contributed by atoms with E-state index in [-0.39, 0.29) is 42.3 Å². The van der Waals surface area contributed by atoms with Crippen molar-refractivity contribution >= 4 is 11.8 Å². The highest BCUT2D eigenvalue weighted by Gasteiger charge is 2.65. The van der Waals surface area contributed by atoms with Gasteiger partial charge in [-0.05, 0) is 49.9 Å². The zero-order chi connectivity index (χ0) is 27.3. The van der Waals surface area contributed by atoms with E-state index in [0.717, 1.165) is 18.2 Å². The van der Waals surface area contributed by atoms with Gasteiger partial charge in [0.2, 0.25) is 11.7 Å². The first-order valence-electron chi connectivity index (χ1n) is 11.8. The number of fused-ring (bicyclic) bond motifs is 4. The largest absolute Gasteiger partial charge is 0.586 e. The Morgan fingerprint density at radius 3 is 2.32 bits per heavy atom. The van der Waals surface area contributed by atoms with Crippen LogP contribution in [0.1, 0.15) is 39.0 Å². The lowest BCUT2D eigenvalue weighted by Gasteiger charge is -2.60. The molecule has 0 aromatic heterocycles. The number of ether oxygens (including phenoxy) is 4. The van der Waals surface area contributed by atoms with Crippen LogP contribution < -0.4 is 29.6 Å². The molecule has 204 valence electrons. The van der Waals surface area contributed by atoms with Crippen LogP contribution in [-0.4, -0.2) is 46.7 Å². The molecule has 6 rings (SSSR count). The van der Waals surface area contributed by atoms with Crippen LogP contribution in [0.2, 0.25) is 0 Å². The van der Waals surface area contributed by atoms with Crippen molar-refractivity contribution in [2.45, 2.75) is 62.2 Å². The Morgan fingerprint density at radius 2 is 1.63 bits per heavy atom. The van der Waals surface area contributed by atoms with Crippen LogP contribution >= 0.6 is 0 Å². The number of carbonyl (C=O) groups excluding carboxylic acids is 2. The Bertz CT molecular complexity index is 1280. The van der Waals surface area contributed by atoms with Gasteiger partial charge >= 0.3 is 6.29 Å². The monoisotopic (exact) mass is 540 g/mol. The second kappa shape index (κ2) is 8.93. The van der Waals surface area contributed by atoms with Crippen LogP contribution in [-0.2, 0) is 9.59 Å². The summed E-state index contributed by atoms with van der Waals surface area (Å²) >= 11 is 0. The molecule has 38 heavy (non-hydrogen) atoms. The summed E-state index contributed by atoms with van der Waals surface area (Å²) in [5.74, 6) is -5.75. The van der Waals surface area contributed by atoms with Gasteiger partial charge in [0.15, 0.2) is 29.7 Å². The molecule has 3 fully saturated rings. The van der Waals surface area contributed by atoms with Crippen LogP contribution in [0.15, 0.2) is 36.4 Å². The highest BCUT2D eigenvalue weighted by Crippen LogP contribution is 2.53. The van der Waals surface area contributed by atoms with Gasteiger partial charge in [0.05, 0.1) is 0 Å². The molecule has 9 nitrogen and oxygen atoms in total. The van der Waals surface area contributed by atoms with Crippen LogP contribution in [0.4, 0.5) is 17.6 Å². The smallest absolute Gasteiger partial charge is 0.484 e. The summed E-state index contributed by atoms with van der Waals surface area (Å²) in [6, 6.07) is 6.53. The van der Waals surface area contributed by atoms with Gasteiger partial charge in [0.1, 0.15) is 17.0 Å². The highest BCUT2D eigenvalue weighted by molar-refractivity contribution is 5.78. The summed E-state index contributed by atoms with van der Waals surface area (Å²) in [6.45, 7) is 0.797. The van der Waals surface area contributed by atoms with Crippen molar-refractivity contribution in [3.8, 4) is 23.0 Å².